The highest BCUT2D eigenvalue weighted by Crippen LogP contribution is 2.42. The van der Waals surface area contributed by atoms with Crippen LogP contribution in [0.5, 0.6) is 0 Å². The van der Waals surface area contributed by atoms with E-state index in [2.05, 4.69) is 16.0 Å². The van der Waals surface area contributed by atoms with Crippen molar-refractivity contribution < 1.29 is 19.2 Å². The number of carbonyl (C=O) groups excluding carboxylic acids is 4. The van der Waals surface area contributed by atoms with Crippen molar-refractivity contribution in [3.8, 4) is 0 Å². The average Bonchev–Trinajstić information content (AvgIpc) is 3.36. The Kier molecular flexibility index (Phi) is 3.80. The van der Waals surface area contributed by atoms with Crippen LogP contribution in [0.3, 0.4) is 0 Å². The molecule has 1 aliphatic carbocycles. The summed E-state index contributed by atoms with van der Waals surface area (Å²) in [6, 6.07) is 4.58. The lowest BCUT2D eigenvalue weighted by molar-refractivity contribution is -0.136. The van der Waals surface area contributed by atoms with Crippen molar-refractivity contribution in [1.29, 1.82) is 0 Å². The molecule has 0 bridgehead atoms. The molecule has 0 radical (unpaired) electrons. The zero-order chi connectivity index (χ0) is 19.5. The standard InChI is InChI=1S/C20H22N4O4/c25-16-4-3-15(17(26)23-16)24-18(27)13-2-1-11(9-14(13)19(24)28)22-12-5-8-21-20(10-12)6-7-20/h1-2,9,12,15,21-22H,3-8,10H2,(H,23,25,26). The number of nitrogens with zero attached hydrogens (tertiary/aromatic N) is 1. The van der Waals surface area contributed by atoms with E-state index in [4.69, 9.17) is 0 Å². The number of fused-ring (bicyclic) bond motifs is 1. The van der Waals surface area contributed by atoms with E-state index in [1.165, 1.54) is 12.8 Å². The number of hydrogen-bond donors (Lipinski definition) is 3. The van der Waals surface area contributed by atoms with Gasteiger partial charge in [0, 0.05) is 23.7 Å². The Balaban J connectivity index is 1.35. The van der Waals surface area contributed by atoms with Crippen LogP contribution in [0.4, 0.5) is 5.69 Å². The second-order valence-corrected chi connectivity index (χ2v) is 8.25. The Morgan fingerprint density at radius 2 is 1.82 bits per heavy atom. The highest BCUT2D eigenvalue weighted by atomic mass is 16.2. The van der Waals surface area contributed by atoms with Gasteiger partial charge >= 0.3 is 0 Å². The average molecular weight is 382 g/mol. The minimum Gasteiger partial charge on any atom is -0.382 e. The Morgan fingerprint density at radius 1 is 1.04 bits per heavy atom. The molecule has 2 saturated heterocycles. The van der Waals surface area contributed by atoms with E-state index in [-0.39, 0.29) is 18.7 Å². The van der Waals surface area contributed by atoms with Gasteiger partial charge in [-0.1, -0.05) is 0 Å². The summed E-state index contributed by atoms with van der Waals surface area (Å²) in [5.74, 6) is -1.91. The molecule has 1 saturated carbocycles. The van der Waals surface area contributed by atoms with E-state index in [1.54, 1.807) is 12.1 Å². The topological polar surface area (TPSA) is 108 Å². The Morgan fingerprint density at radius 3 is 2.57 bits per heavy atom. The lowest BCUT2D eigenvalue weighted by Gasteiger charge is -2.31. The van der Waals surface area contributed by atoms with Crippen LogP contribution in [0, 0.1) is 0 Å². The number of imide groups is 2. The Bertz CT molecular complexity index is 907. The molecule has 0 aromatic heterocycles. The van der Waals surface area contributed by atoms with E-state index in [1.807, 2.05) is 6.07 Å². The van der Waals surface area contributed by atoms with Gasteiger partial charge in [-0.25, -0.2) is 0 Å². The molecule has 3 fully saturated rings. The summed E-state index contributed by atoms with van der Waals surface area (Å²) < 4.78 is 0. The van der Waals surface area contributed by atoms with Gasteiger partial charge in [-0.05, 0) is 56.8 Å². The van der Waals surface area contributed by atoms with Crippen LogP contribution < -0.4 is 16.0 Å². The third-order valence-electron chi connectivity index (χ3n) is 6.29. The third kappa shape index (κ3) is 2.79. The Labute approximate surface area is 162 Å². The van der Waals surface area contributed by atoms with Crippen molar-refractivity contribution in [1.82, 2.24) is 15.5 Å². The summed E-state index contributed by atoms with van der Waals surface area (Å²) in [5, 5.41) is 9.30. The molecule has 4 amide bonds. The van der Waals surface area contributed by atoms with Crippen LogP contribution in [-0.2, 0) is 9.59 Å². The molecule has 3 aliphatic heterocycles. The van der Waals surface area contributed by atoms with Gasteiger partial charge in [0.25, 0.3) is 11.8 Å². The quantitative estimate of drug-likeness (QED) is 0.667. The zero-order valence-electron chi connectivity index (χ0n) is 15.4. The molecule has 1 aromatic rings. The van der Waals surface area contributed by atoms with Gasteiger partial charge in [-0.2, -0.15) is 0 Å². The van der Waals surface area contributed by atoms with Crippen molar-refractivity contribution in [2.75, 3.05) is 11.9 Å². The number of anilines is 1. The molecule has 8 nitrogen and oxygen atoms in total. The smallest absolute Gasteiger partial charge is 0.262 e. The molecule has 2 unspecified atom stereocenters. The van der Waals surface area contributed by atoms with Gasteiger partial charge < -0.3 is 10.6 Å². The Hall–Kier alpha value is -2.74. The predicted octanol–water partition coefficient (Wildman–Crippen LogP) is 0.784. The summed E-state index contributed by atoms with van der Waals surface area (Å²) in [7, 11) is 0. The molecule has 1 spiro atoms. The van der Waals surface area contributed by atoms with Crippen LogP contribution in [0.1, 0.15) is 59.2 Å². The van der Waals surface area contributed by atoms with E-state index < -0.39 is 23.8 Å². The van der Waals surface area contributed by atoms with Crippen LogP contribution in [0.25, 0.3) is 0 Å². The lowest BCUT2D eigenvalue weighted by atomic mass is 9.97. The second-order valence-electron chi connectivity index (χ2n) is 8.25. The molecular weight excluding hydrogens is 360 g/mol. The van der Waals surface area contributed by atoms with Crippen LogP contribution >= 0.6 is 0 Å². The first kappa shape index (κ1) is 17.4. The number of rotatable bonds is 3. The first-order valence-corrected chi connectivity index (χ1v) is 9.83. The fourth-order valence-corrected chi connectivity index (χ4v) is 4.61. The third-order valence-corrected chi connectivity index (χ3v) is 6.29. The van der Waals surface area contributed by atoms with Crippen molar-refractivity contribution in [3.63, 3.8) is 0 Å². The largest absolute Gasteiger partial charge is 0.382 e. The van der Waals surface area contributed by atoms with E-state index in [9.17, 15) is 19.2 Å². The molecular formula is C20H22N4O4. The van der Waals surface area contributed by atoms with Crippen LogP contribution in [0.15, 0.2) is 18.2 Å². The molecule has 1 aromatic carbocycles. The summed E-state index contributed by atoms with van der Waals surface area (Å²) in [5.41, 5.74) is 1.73. The van der Waals surface area contributed by atoms with Gasteiger partial charge in [0.15, 0.2) is 0 Å². The molecule has 3 N–H and O–H groups in total. The molecule has 4 aliphatic rings. The van der Waals surface area contributed by atoms with E-state index in [0.29, 0.717) is 22.7 Å². The molecule has 5 rings (SSSR count). The monoisotopic (exact) mass is 382 g/mol. The summed E-state index contributed by atoms with van der Waals surface area (Å²) in [6.45, 7) is 0.976. The molecule has 3 heterocycles. The number of benzene rings is 1. The molecule has 146 valence electrons. The van der Waals surface area contributed by atoms with Crippen molar-refractivity contribution in [3.05, 3.63) is 29.3 Å². The van der Waals surface area contributed by atoms with Crippen LogP contribution in [-0.4, -0.2) is 52.7 Å². The molecule has 28 heavy (non-hydrogen) atoms. The first-order chi connectivity index (χ1) is 13.5. The first-order valence-electron chi connectivity index (χ1n) is 9.83. The summed E-state index contributed by atoms with van der Waals surface area (Å²) in [4.78, 5) is 50.1. The zero-order valence-corrected chi connectivity index (χ0v) is 15.4. The van der Waals surface area contributed by atoms with Crippen LogP contribution in [0.2, 0.25) is 0 Å². The van der Waals surface area contributed by atoms with Gasteiger partial charge in [0.1, 0.15) is 6.04 Å². The minimum absolute atomic E-state index is 0.119. The van der Waals surface area contributed by atoms with Crippen molar-refractivity contribution >= 4 is 29.3 Å². The summed E-state index contributed by atoms with van der Waals surface area (Å²) >= 11 is 0. The fraction of sp³-hybridized carbons (Fsp3) is 0.500. The number of nitrogens with one attached hydrogen (secondary N) is 3. The maximum atomic E-state index is 12.9. The number of hydrogen-bond acceptors (Lipinski definition) is 6. The number of amides is 4. The SMILES string of the molecule is O=C1CCC(N2C(=O)c3ccc(NC4CCNC5(CC5)C4)cc3C2=O)C(=O)N1. The highest BCUT2D eigenvalue weighted by molar-refractivity contribution is 6.23. The second kappa shape index (κ2) is 6.13. The lowest BCUT2D eigenvalue weighted by Crippen LogP contribution is -2.54. The predicted molar refractivity (Wildman–Crippen MR) is 99.7 cm³/mol. The van der Waals surface area contributed by atoms with Gasteiger partial charge in [-0.3, -0.25) is 29.4 Å². The maximum absolute atomic E-state index is 12.9. The van der Waals surface area contributed by atoms with Crippen molar-refractivity contribution in [2.24, 2.45) is 0 Å². The van der Waals surface area contributed by atoms with Gasteiger partial charge in [0.2, 0.25) is 11.8 Å². The molecule has 8 heteroatoms. The number of carbonyl (C=O) groups is 4. The summed E-state index contributed by atoms with van der Waals surface area (Å²) in [6.07, 6.45) is 4.77. The van der Waals surface area contributed by atoms with E-state index >= 15 is 0 Å². The normalized spacial score (nSPS) is 28.4. The van der Waals surface area contributed by atoms with Crippen molar-refractivity contribution in [2.45, 2.75) is 56.1 Å². The molecule has 2 atom stereocenters. The van der Waals surface area contributed by atoms with E-state index in [0.717, 1.165) is 30.0 Å². The van der Waals surface area contributed by atoms with Gasteiger partial charge in [0.05, 0.1) is 11.1 Å². The minimum atomic E-state index is -0.930. The maximum Gasteiger partial charge on any atom is 0.262 e. The highest BCUT2D eigenvalue weighted by Gasteiger charge is 2.46. The van der Waals surface area contributed by atoms with Gasteiger partial charge in [-0.15, -0.1) is 0 Å². The fourth-order valence-electron chi connectivity index (χ4n) is 4.61. The number of piperidine rings is 2.